The summed E-state index contributed by atoms with van der Waals surface area (Å²) in [5.74, 6) is -3.09. The molecule has 136 valence electrons. The van der Waals surface area contributed by atoms with Gasteiger partial charge in [-0.05, 0) is 36.2 Å². The molecule has 4 heteroatoms. The van der Waals surface area contributed by atoms with Crippen LogP contribution in [0.1, 0.15) is 19.4 Å². The van der Waals surface area contributed by atoms with Crippen molar-refractivity contribution in [2.45, 2.75) is 20.8 Å². The predicted molar refractivity (Wildman–Crippen MR) is 99.8 cm³/mol. The molecule has 1 nitrogen and oxygen atoms in total. The van der Waals surface area contributed by atoms with Crippen LogP contribution in [0.25, 0.3) is 22.3 Å². The van der Waals surface area contributed by atoms with Gasteiger partial charge in [0.1, 0.15) is 5.82 Å². The lowest BCUT2D eigenvalue weighted by molar-refractivity contribution is 0.372. The summed E-state index contributed by atoms with van der Waals surface area (Å²) >= 11 is 0. The Morgan fingerprint density at radius 2 is 1.27 bits per heavy atom. The minimum absolute atomic E-state index is 0.00455. The normalized spacial score (nSPS) is 10.1. The van der Waals surface area contributed by atoms with Crippen molar-refractivity contribution in [2.24, 2.45) is 0 Å². The first-order chi connectivity index (χ1) is 12.5. The van der Waals surface area contributed by atoms with Crippen molar-refractivity contribution in [3.8, 4) is 28.0 Å². The molecule has 0 aliphatic carbocycles. The van der Waals surface area contributed by atoms with Crippen molar-refractivity contribution < 1.29 is 17.9 Å². The van der Waals surface area contributed by atoms with Crippen LogP contribution < -0.4 is 4.74 Å². The third-order valence-corrected chi connectivity index (χ3v) is 3.91. The molecule has 0 saturated heterocycles. The molecule has 3 aromatic carbocycles. The molecule has 0 spiro atoms. The maximum atomic E-state index is 14.5. The first-order valence-electron chi connectivity index (χ1n) is 8.40. The second-order valence-corrected chi connectivity index (χ2v) is 5.50. The molecule has 0 unspecified atom stereocenters. The van der Waals surface area contributed by atoms with E-state index in [0.717, 1.165) is 11.1 Å². The Labute approximate surface area is 152 Å². The highest BCUT2D eigenvalue weighted by molar-refractivity contribution is 5.72. The average Bonchev–Trinajstić information content (AvgIpc) is 2.66. The van der Waals surface area contributed by atoms with Crippen LogP contribution in [-0.4, -0.2) is 7.11 Å². The zero-order valence-corrected chi connectivity index (χ0v) is 15.2. The lowest BCUT2D eigenvalue weighted by Crippen LogP contribution is -1.96. The third kappa shape index (κ3) is 3.90. The molecular weight excluding hydrogens is 337 g/mol. The maximum Gasteiger partial charge on any atom is 0.201 e. The van der Waals surface area contributed by atoms with Gasteiger partial charge in [-0.3, -0.25) is 0 Å². The van der Waals surface area contributed by atoms with E-state index in [-0.39, 0.29) is 16.9 Å². The predicted octanol–water partition coefficient (Wildman–Crippen LogP) is 6.78. The lowest BCUT2D eigenvalue weighted by Gasteiger charge is -2.10. The summed E-state index contributed by atoms with van der Waals surface area (Å²) in [6.45, 7) is 5.97. The molecule has 0 bridgehead atoms. The van der Waals surface area contributed by atoms with Crippen LogP contribution in [0.3, 0.4) is 0 Å². The van der Waals surface area contributed by atoms with Gasteiger partial charge >= 0.3 is 0 Å². The Balaban J connectivity index is 0.00000117. The van der Waals surface area contributed by atoms with Crippen LogP contribution in [0, 0.1) is 24.4 Å². The third-order valence-electron chi connectivity index (χ3n) is 3.91. The quantitative estimate of drug-likeness (QED) is 0.501. The molecular formula is C22H21F3O. The number of ether oxygens (including phenoxy) is 1. The summed E-state index contributed by atoms with van der Waals surface area (Å²) < 4.78 is 47.2. The van der Waals surface area contributed by atoms with Gasteiger partial charge in [0.2, 0.25) is 5.82 Å². The number of rotatable bonds is 3. The number of hydrogen-bond acceptors (Lipinski definition) is 1. The summed E-state index contributed by atoms with van der Waals surface area (Å²) in [6.07, 6.45) is 0. The first-order valence-corrected chi connectivity index (χ1v) is 8.40. The molecule has 0 fully saturated rings. The van der Waals surface area contributed by atoms with Crippen molar-refractivity contribution in [2.75, 3.05) is 7.11 Å². The largest absolute Gasteiger partial charge is 0.494 e. The molecule has 3 aromatic rings. The van der Waals surface area contributed by atoms with E-state index in [1.807, 2.05) is 45.0 Å². The van der Waals surface area contributed by atoms with Gasteiger partial charge in [-0.15, -0.1) is 0 Å². The number of methoxy groups -OCH3 is 1. The van der Waals surface area contributed by atoms with Gasteiger partial charge in [0.05, 0.1) is 7.11 Å². The minimum Gasteiger partial charge on any atom is -0.494 e. The molecule has 3 rings (SSSR count). The maximum absolute atomic E-state index is 14.5. The van der Waals surface area contributed by atoms with Gasteiger partial charge in [0.25, 0.3) is 0 Å². The molecule has 26 heavy (non-hydrogen) atoms. The summed E-state index contributed by atoms with van der Waals surface area (Å²) in [5, 5.41) is 0. The Morgan fingerprint density at radius 3 is 1.85 bits per heavy atom. The first kappa shape index (κ1) is 19.6. The second kappa shape index (κ2) is 8.56. The number of benzene rings is 3. The van der Waals surface area contributed by atoms with Gasteiger partial charge in [-0.2, -0.15) is 4.39 Å². The van der Waals surface area contributed by atoms with Crippen LogP contribution in [0.4, 0.5) is 13.2 Å². The number of aryl methyl sites for hydroxylation is 1. The van der Waals surface area contributed by atoms with Crippen molar-refractivity contribution in [1.29, 1.82) is 0 Å². The summed E-state index contributed by atoms with van der Waals surface area (Å²) in [5.41, 5.74) is 2.50. The molecule has 0 atom stereocenters. The summed E-state index contributed by atoms with van der Waals surface area (Å²) in [7, 11) is 1.24. The highest BCUT2D eigenvalue weighted by Gasteiger charge is 2.18. The van der Waals surface area contributed by atoms with Crippen LogP contribution in [0.15, 0.2) is 54.6 Å². The smallest absolute Gasteiger partial charge is 0.201 e. The molecule has 0 aromatic heterocycles. The molecule has 0 heterocycles. The van der Waals surface area contributed by atoms with Gasteiger partial charge in [0, 0.05) is 11.1 Å². The zero-order valence-electron chi connectivity index (χ0n) is 15.2. The Morgan fingerprint density at radius 1 is 0.692 bits per heavy atom. The van der Waals surface area contributed by atoms with Gasteiger partial charge in [0.15, 0.2) is 11.6 Å². The van der Waals surface area contributed by atoms with Crippen LogP contribution in [0.2, 0.25) is 0 Å². The monoisotopic (exact) mass is 358 g/mol. The molecule has 0 aliphatic heterocycles. The molecule has 0 radical (unpaired) electrons. The van der Waals surface area contributed by atoms with E-state index in [2.05, 4.69) is 0 Å². The van der Waals surface area contributed by atoms with Crippen LogP contribution in [-0.2, 0) is 0 Å². The van der Waals surface area contributed by atoms with E-state index in [0.29, 0.717) is 5.56 Å². The van der Waals surface area contributed by atoms with E-state index < -0.39 is 17.5 Å². The second-order valence-electron chi connectivity index (χ2n) is 5.50. The minimum atomic E-state index is -1.13. The van der Waals surface area contributed by atoms with Crippen molar-refractivity contribution >= 4 is 0 Å². The summed E-state index contributed by atoms with van der Waals surface area (Å²) in [4.78, 5) is 0. The van der Waals surface area contributed by atoms with Crippen molar-refractivity contribution in [1.82, 2.24) is 0 Å². The lowest BCUT2D eigenvalue weighted by atomic mass is 9.98. The fourth-order valence-corrected chi connectivity index (χ4v) is 2.56. The van der Waals surface area contributed by atoms with E-state index in [1.165, 1.54) is 31.4 Å². The SMILES string of the molecule is CC.COc1ccc(-c2ccc(-c3ccc(C)cc3)cc2F)c(F)c1F. The van der Waals surface area contributed by atoms with E-state index in [1.54, 1.807) is 6.07 Å². The molecule has 0 N–H and O–H groups in total. The fourth-order valence-electron chi connectivity index (χ4n) is 2.56. The van der Waals surface area contributed by atoms with Crippen LogP contribution >= 0.6 is 0 Å². The number of halogens is 3. The molecule has 0 amide bonds. The van der Waals surface area contributed by atoms with E-state index in [9.17, 15) is 13.2 Å². The zero-order chi connectivity index (χ0) is 19.3. The Hall–Kier alpha value is -2.75. The van der Waals surface area contributed by atoms with E-state index in [4.69, 9.17) is 4.74 Å². The summed E-state index contributed by atoms with van der Waals surface area (Å²) in [6, 6.07) is 14.7. The van der Waals surface area contributed by atoms with Crippen molar-refractivity contribution in [3.05, 3.63) is 77.6 Å². The Bertz CT molecular complexity index is 887. The highest BCUT2D eigenvalue weighted by atomic mass is 19.2. The standard InChI is InChI=1S/C20H15F3O.C2H6/c1-12-3-5-13(6-4-12)14-7-8-15(17(21)11-14)16-9-10-18(24-2)20(23)19(16)22;1-2/h3-11H,1-2H3;1-2H3. The van der Waals surface area contributed by atoms with Gasteiger partial charge in [-0.25, -0.2) is 8.78 Å². The van der Waals surface area contributed by atoms with Crippen molar-refractivity contribution in [3.63, 3.8) is 0 Å². The van der Waals surface area contributed by atoms with E-state index >= 15 is 0 Å². The number of hydrogen-bond donors (Lipinski definition) is 0. The molecule has 0 saturated carbocycles. The Kier molecular flexibility index (Phi) is 6.45. The average molecular weight is 358 g/mol. The van der Waals surface area contributed by atoms with Crippen LogP contribution in [0.5, 0.6) is 5.75 Å². The molecule has 0 aliphatic rings. The highest BCUT2D eigenvalue weighted by Crippen LogP contribution is 2.33. The topological polar surface area (TPSA) is 9.23 Å². The van der Waals surface area contributed by atoms with Gasteiger partial charge < -0.3 is 4.74 Å². The fraction of sp³-hybridized carbons (Fsp3) is 0.182. The van der Waals surface area contributed by atoms with Gasteiger partial charge in [-0.1, -0.05) is 55.8 Å².